The summed E-state index contributed by atoms with van der Waals surface area (Å²) in [5.41, 5.74) is 2.20. The van der Waals surface area contributed by atoms with E-state index in [9.17, 15) is 13.6 Å². The first kappa shape index (κ1) is 18.6. The number of aromatic amines is 1. The number of carbonyl (C=O) groups is 1. The summed E-state index contributed by atoms with van der Waals surface area (Å²) in [4.78, 5) is 19.9. The van der Waals surface area contributed by atoms with E-state index in [1.807, 2.05) is 24.3 Å². The Bertz CT molecular complexity index is 894. The lowest BCUT2D eigenvalue weighted by molar-refractivity contribution is -0.0512. The van der Waals surface area contributed by atoms with Crippen molar-refractivity contribution in [2.75, 3.05) is 13.7 Å². The molecule has 2 aromatic carbocycles. The quantitative estimate of drug-likeness (QED) is 0.591. The zero-order valence-electron chi connectivity index (χ0n) is 14.7. The van der Waals surface area contributed by atoms with E-state index in [0.29, 0.717) is 24.9 Å². The highest BCUT2D eigenvalue weighted by molar-refractivity contribution is 5.94. The number of hydrogen-bond acceptors (Lipinski definition) is 4. The smallest absolute Gasteiger partial charge is 0.387 e. The highest BCUT2D eigenvalue weighted by atomic mass is 19.3. The monoisotopic (exact) mass is 375 g/mol. The molecule has 0 spiro atoms. The van der Waals surface area contributed by atoms with E-state index >= 15 is 0 Å². The maximum absolute atomic E-state index is 12.3. The van der Waals surface area contributed by atoms with Gasteiger partial charge in [0.05, 0.1) is 18.1 Å². The van der Waals surface area contributed by atoms with Crippen LogP contribution < -0.4 is 14.8 Å². The molecule has 3 aromatic rings. The summed E-state index contributed by atoms with van der Waals surface area (Å²) in [7, 11) is 1.32. The molecule has 1 aromatic heterocycles. The van der Waals surface area contributed by atoms with Crippen LogP contribution >= 0.6 is 0 Å². The molecule has 142 valence electrons. The molecule has 6 nitrogen and oxygen atoms in total. The second-order valence-corrected chi connectivity index (χ2v) is 5.80. The van der Waals surface area contributed by atoms with Crippen LogP contribution in [0, 0.1) is 0 Å². The number of alkyl halides is 2. The van der Waals surface area contributed by atoms with Gasteiger partial charge in [-0.2, -0.15) is 8.78 Å². The third-order valence-corrected chi connectivity index (χ3v) is 3.96. The number of halogens is 2. The Kier molecular flexibility index (Phi) is 5.85. The molecule has 0 unspecified atom stereocenters. The Labute approximate surface area is 154 Å². The van der Waals surface area contributed by atoms with Crippen LogP contribution in [0.2, 0.25) is 0 Å². The van der Waals surface area contributed by atoms with Crippen LogP contribution in [0.5, 0.6) is 11.5 Å². The number of fused-ring (bicyclic) bond motifs is 1. The minimum absolute atomic E-state index is 0.0743. The SMILES string of the molecule is COc1cc(C(=O)NCCCc2nc3ccccc3[nH]2)ccc1OC(F)F. The van der Waals surface area contributed by atoms with Gasteiger partial charge in [0.1, 0.15) is 5.82 Å². The van der Waals surface area contributed by atoms with Crippen LogP contribution in [-0.4, -0.2) is 36.1 Å². The number of rotatable bonds is 8. The van der Waals surface area contributed by atoms with Crippen LogP contribution in [-0.2, 0) is 6.42 Å². The minimum Gasteiger partial charge on any atom is -0.493 e. The predicted octanol–water partition coefficient (Wildman–Crippen LogP) is 3.54. The Morgan fingerprint density at radius 2 is 2.04 bits per heavy atom. The van der Waals surface area contributed by atoms with Crippen molar-refractivity contribution in [1.82, 2.24) is 15.3 Å². The van der Waals surface area contributed by atoms with Crippen molar-refractivity contribution in [3.05, 3.63) is 53.9 Å². The van der Waals surface area contributed by atoms with Gasteiger partial charge in [-0.05, 0) is 36.8 Å². The molecular formula is C19H19F2N3O3. The Morgan fingerprint density at radius 1 is 1.22 bits per heavy atom. The highest BCUT2D eigenvalue weighted by Crippen LogP contribution is 2.29. The summed E-state index contributed by atoms with van der Waals surface area (Å²) in [6.45, 7) is -2.51. The molecule has 0 aliphatic rings. The van der Waals surface area contributed by atoms with Crippen LogP contribution in [0.25, 0.3) is 11.0 Å². The summed E-state index contributed by atoms with van der Waals surface area (Å²) < 4.78 is 34.0. The number of aromatic nitrogens is 2. The molecule has 0 radical (unpaired) electrons. The third kappa shape index (κ3) is 4.72. The molecule has 1 amide bonds. The summed E-state index contributed by atoms with van der Waals surface area (Å²) in [6.07, 6.45) is 1.40. The standard InChI is InChI=1S/C19H19F2N3O3/c1-26-16-11-12(8-9-15(16)27-19(20)21)18(25)22-10-4-7-17-23-13-5-2-3-6-14(13)24-17/h2-3,5-6,8-9,11,19H,4,7,10H2,1H3,(H,22,25)(H,23,24). The van der Waals surface area contributed by atoms with Gasteiger partial charge < -0.3 is 19.8 Å². The summed E-state index contributed by atoms with van der Waals surface area (Å²) in [5, 5.41) is 2.79. The Hall–Kier alpha value is -3.16. The fourth-order valence-corrected chi connectivity index (χ4v) is 2.69. The molecule has 0 bridgehead atoms. The summed E-state index contributed by atoms with van der Waals surface area (Å²) in [6, 6.07) is 11.8. The van der Waals surface area contributed by atoms with E-state index in [1.54, 1.807) is 0 Å². The van der Waals surface area contributed by atoms with E-state index in [4.69, 9.17) is 4.74 Å². The van der Waals surface area contributed by atoms with Gasteiger partial charge in [-0.3, -0.25) is 4.79 Å². The number of ether oxygens (including phenoxy) is 2. The molecule has 27 heavy (non-hydrogen) atoms. The number of carbonyl (C=O) groups excluding carboxylic acids is 1. The molecule has 0 aliphatic heterocycles. The molecule has 0 aliphatic carbocycles. The van der Waals surface area contributed by atoms with Crippen LogP contribution in [0.3, 0.4) is 0 Å². The number of aryl methyl sites for hydroxylation is 1. The lowest BCUT2D eigenvalue weighted by Gasteiger charge is -2.11. The van der Waals surface area contributed by atoms with Gasteiger partial charge in [0.15, 0.2) is 11.5 Å². The van der Waals surface area contributed by atoms with Crippen LogP contribution in [0.15, 0.2) is 42.5 Å². The average molecular weight is 375 g/mol. The van der Waals surface area contributed by atoms with E-state index in [-0.39, 0.29) is 17.4 Å². The van der Waals surface area contributed by atoms with Crippen molar-refractivity contribution in [3.63, 3.8) is 0 Å². The molecule has 3 rings (SSSR count). The number of benzene rings is 2. The average Bonchev–Trinajstić information content (AvgIpc) is 3.07. The zero-order chi connectivity index (χ0) is 19.2. The summed E-state index contributed by atoms with van der Waals surface area (Å²) in [5.74, 6) is 0.501. The first-order chi connectivity index (χ1) is 13.1. The van der Waals surface area contributed by atoms with Crippen molar-refractivity contribution in [1.29, 1.82) is 0 Å². The number of H-pyrrole nitrogens is 1. The van der Waals surface area contributed by atoms with Crippen molar-refractivity contribution >= 4 is 16.9 Å². The molecule has 8 heteroatoms. The number of amides is 1. The van der Waals surface area contributed by atoms with E-state index in [1.165, 1.54) is 25.3 Å². The third-order valence-electron chi connectivity index (χ3n) is 3.96. The fourth-order valence-electron chi connectivity index (χ4n) is 2.69. The molecule has 0 atom stereocenters. The van der Waals surface area contributed by atoms with Gasteiger partial charge in [0.2, 0.25) is 0 Å². The number of hydrogen-bond donors (Lipinski definition) is 2. The van der Waals surface area contributed by atoms with Crippen molar-refractivity contribution < 1.29 is 23.0 Å². The largest absolute Gasteiger partial charge is 0.493 e. The maximum Gasteiger partial charge on any atom is 0.387 e. The zero-order valence-corrected chi connectivity index (χ0v) is 14.7. The number of nitrogens with zero attached hydrogens (tertiary/aromatic N) is 1. The minimum atomic E-state index is -2.96. The Morgan fingerprint density at radius 3 is 2.78 bits per heavy atom. The fraction of sp³-hybridized carbons (Fsp3) is 0.263. The predicted molar refractivity (Wildman–Crippen MR) is 96.4 cm³/mol. The second-order valence-electron chi connectivity index (χ2n) is 5.80. The molecule has 0 saturated carbocycles. The van der Waals surface area contributed by atoms with Crippen LogP contribution in [0.4, 0.5) is 8.78 Å². The highest BCUT2D eigenvalue weighted by Gasteiger charge is 2.14. The number of imidazole rings is 1. The first-order valence-corrected chi connectivity index (χ1v) is 8.41. The van der Waals surface area contributed by atoms with Gasteiger partial charge in [-0.15, -0.1) is 0 Å². The van der Waals surface area contributed by atoms with Gasteiger partial charge in [-0.25, -0.2) is 4.98 Å². The molecule has 0 saturated heterocycles. The van der Waals surface area contributed by atoms with Gasteiger partial charge in [0, 0.05) is 18.5 Å². The normalized spacial score (nSPS) is 11.0. The molecule has 1 heterocycles. The van der Waals surface area contributed by atoms with Gasteiger partial charge >= 0.3 is 6.61 Å². The first-order valence-electron chi connectivity index (χ1n) is 8.41. The lowest BCUT2D eigenvalue weighted by atomic mass is 10.2. The molecular weight excluding hydrogens is 356 g/mol. The van der Waals surface area contributed by atoms with Crippen molar-refractivity contribution in [3.8, 4) is 11.5 Å². The van der Waals surface area contributed by atoms with E-state index in [0.717, 1.165) is 16.9 Å². The lowest BCUT2D eigenvalue weighted by Crippen LogP contribution is -2.24. The van der Waals surface area contributed by atoms with Crippen LogP contribution in [0.1, 0.15) is 22.6 Å². The number of nitrogens with one attached hydrogen (secondary N) is 2. The van der Waals surface area contributed by atoms with Crippen molar-refractivity contribution in [2.45, 2.75) is 19.5 Å². The summed E-state index contributed by atoms with van der Waals surface area (Å²) >= 11 is 0. The Balaban J connectivity index is 1.52. The molecule has 0 fully saturated rings. The van der Waals surface area contributed by atoms with E-state index in [2.05, 4.69) is 20.0 Å². The maximum atomic E-state index is 12.3. The van der Waals surface area contributed by atoms with E-state index < -0.39 is 6.61 Å². The second kappa shape index (κ2) is 8.48. The number of para-hydroxylation sites is 2. The number of methoxy groups -OCH3 is 1. The van der Waals surface area contributed by atoms with Gasteiger partial charge in [0.25, 0.3) is 5.91 Å². The van der Waals surface area contributed by atoms with Crippen molar-refractivity contribution in [2.24, 2.45) is 0 Å². The molecule has 2 N–H and O–H groups in total. The topological polar surface area (TPSA) is 76.2 Å². The van der Waals surface area contributed by atoms with Gasteiger partial charge in [-0.1, -0.05) is 12.1 Å².